The van der Waals surface area contributed by atoms with Crippen LogP contribution >= 0.6 is 0 Å². The van der Waals surface area contributed by atoms with E-state index in [4.69, 9.17) is 0 Å². The van der Waals surface area contributed by atoms with Crippen LogP contribution in [0, 0.1) is 11.8 Å². The lowest BCUT2D eigenvalue weighted by molar-refractivity contribution is 0.423. The van der Waals surface area contributed by atoms with Crippen molar-refractivity contribution in [3.63, 3.8) is 0 Å². The molecule has 0 amide bonds. The van der Waals surface area contributed by atoms with Crippen molar-refractivity contribution in [1.82, 2.24) is 0 Å². The Labute approximate surface area is 141 Å². The molecule has 3 rings (SSSR count). The van der Waals surface area contributed by atoms with E-state index >= 15 is 0 Å². The zero-order chi connectivity index (χ0) is 17.0. The highest BCUT2D eigenvalue weighted by Gasteiger charge is 2.32. The summed E-state index contributed by atoms with van der Waals surface area (Å²) in [6.45, 7) is 13.1. The molecule has 0 aromatic heterocycles. The number of phenols is 1. The summed E-state index contributed by atoms with van der Waals surface area (Å²) >= 11 is 0. The van der Waals surface area contributed by atoms with Gasteiger partial charge in [0, 0.05) is 5.56 Å². The second-order valence-electron chi connectivity index (χ2n) is 9.34. The van der Waals surface area contributed by atoms with Gasteiger partial charge in [0.2, 0.25) is 0 Å². The fourth-order valence-electron chi connectivity index (χ4n) is 4.14. The number of hydrogen-bond acceptors (Lipinski definition) is 1. The molecule has 2 atom stereocenters. The number of rotatable bonds is 1. The van der Waals surface area contributed by atoms with Crippen LogP contribution in [0.5, 0.6) is 5.75 Å². The van der Waals surface area contributed by atoms with Crippen molar-refractivity contribution in [1.29, 1.82) is 0 Å². The minimum Gasteiger partial charge on any atom is -0.507 e. The number of aromatic hydroxyl groups is 1. The van der Waals surface area contributed by atoms with Crippen molar-refractivity contribution < 1.29 is 5.11 Å². The summed E-state index contributed by atoms with van der Waals surface area (Å²) in [6, 6.07) is 4.32. The normalized spacial score (nSPS) is 25.6. The van der Waals surface area contributed by atoms with E-state index < -0.39 is 0 Å². The van der Waals surface area contributed by atoms with Crippen molar-refractivity contribution in [2.24, 2.45) is 11.8 Å². The van der Waals surface area contributed by atoms with Gasteiger partial charge in [-0.15, -0.1) is 0 Å². The highest BCUT2D eigenvalue weighted by molar-refractivity contribution is 5.66. The minimum atomic E-state index is -0.0782. The maximum Gasteiger partial charge on any atom is 0.123 e. The zero-order valence-electron chi connectivity index (χ0n) is 15.4. The van der Waals surface area contributed by atoms with Crippen LogP contribution < -0.4 is 0 Å². The Morgan fingerprint density at radius 2 is 1.70 bits per heavy atom. The van der Waals surface area contributed by atoms with Gasteiger partial charge in [0.05, 0.1) is 0 Å². The van der Waals surface area contributed by atoms with Crippen molar-refractivity contribution in [3.05, 3.63) is 46.5 Å². The first-order valence-corrected chi connectivity index (χ1v) is 8.83. The summed E-state index contributed by atoms with van der Waals surface area (Å²) in [7, 11) is 0. The first-order valence-electron chi connectivity index (χ1n) is 8.83. The Hall–Kier alpha value is -1.50. The smallest absolute Gasteiger partial charge is 0.123 e. The van der Waals surface area contributed by atoms with E-state index in [-0.39, 0.29) is 10.8 Å². The zero-order valence-corrected chi connectivity index (χ0v) is 15.4. The Kier molecular flexibility index (Phi) is 3.74. The summed E-state index contributed by atoms with van der Waals surface area (Å²) in [4.78, 5) is 0. The summed E-state index contributed by atoms with van der Waals surface area (Å²) in [6.07, 6.45) is 9.54. The van der Waals surface area contributed by atoms with Gasteiger partial charge in [-0.05, 0) is 46.6 Å². The number of allylic oxidation sites excluding steroid dienone is 3. The van der Waals surface area contributed by atoms with E-state index in [0.717, 1.165) is 17.0 Å². The van der Waals surface area contributed by atoms with Crippen LogP contribution in [0.3, 0.4) is 0 Å². The molecule has 2 aliphatic carbocycles. The third-order valence-electron chi connectivity index (χ3n) is 5.26. The second-order valence-corrected chi connectivity index (χ2v) is 9.34. The Bertz CT molecular complexity index is 677. The number of fused-ring (bicyclic) bond motifs is 2. The third-order valence-corrected chi connectivity index (χ3v) is 5.26. The molecule has 0 heterocycles. The van der Waals surface area contributed by atoms with Gasteiger partial charge in [0.1, 0.15) is 5.75 Å². The topological polar surface area (TPSA) is 20.2 Å². The van der Waals surface area contributed by atoms with Crippen LogP contribution in [0.2, 0.25) is 0 Å². The molecule has 124 valence electrons. The van der Waals surface area contributed by atoms with E-state index in [1.54, 1.807) is 0 Å². The van der Waals surface area contributed by atoms with Crippen LogP contribution in [0.15, 0.2) is 29.9 Å². The molecule has 1 aromatic carbocycles. The molecule has 1 aromatic rings. The van der Waals surface area contributed by atoms with E-state index in [1.165, 1.54) is 24.0 Å². The fraction of sp³-hybridized carbons (Fsp3) is 0.545. The molecule has 1 nitrogen and oxygen atoms in total. The summed E-state index contributed by atoms with van der Waals surface area (Å²) in [5.74, 6) is 1.85. The lowest BCUT2D eigenvalue weighted by Crippen LogP contribution is -2.18. The van der Waals surface area contributed by atoms with Gasteiger partial charge < -0.3 is 5.11 Å². The molecule has 0 aliphatic heterocycles. The van der Waals surface area contributed by atoms with Gasteiger partial charge in [-0.1, -0.05) is 77.5 Å². The van der Waals surface area contributed by atoms with Crippen molar-refractivity contribution in [2.75, 3.05) is 0 Å². The first kappa shape index (κ1) is 16.4. The van der Waals surface area contributed by atoms with Gasteiger partial charge in [-0.25, -0.2) is 0 Å². The standard InChI is InChI=1S/C22H30O/c1-21(2,3)18-10-9-16(19(20(18)23)22(4,5)6)13-17-12-14-7-8-15(17)11-14/h7-10,13-15,23H,11-12H2,1-6H3. The number of benzene rings is 1. The Morgan fingerprint density at radius 3 is 2.17 bits per heavy atom. The van der Waals surface area contributed by atoms with Gasteiger partial charge >= 0.3 is 0 Å². The molecule has 2 bridgehead atoms. The molecule has 1 heteroatoms. The molecule has 2 aliphatic rings. The summed E-state index contributed by atoms with van der Waals surface area (Å²) < 4.78 is 0. The number of hydrogen-bond donors (Lipinski definition) is 1. The van der Waals surface area contributed by atoms with Crippen LogP contribution in [0.4, 0.5) is 0 Å². The molecule has 0 saturated heterocycles. The average Bonchev–Trinajstić information content (AvgIpc) is 2.97. The number of phenolic OH excluding ortho intramolecular Hbond substituents is 1. The van der Waals surface area contributed by atoms with Crippen molar-refractivity contribution in [2.45, 2.75) is 65.2 Å². The quantitative estimate of drug-likeness (QED) is 0.634. The largest absolute Gasteiger partial charge is 0.507 e. The molecule has 0 radical (unpaired) electrons. The average molecular weight is 310 g/mol. The summed E-state index contributed by atoms with van der Waals surface area (Å²) in [5.41, 5.74) is 4.72. The van der Waals surface area contributed by atoms with Gasteiger partial charge in [0.25, 0.3) is 0 Å². The third kappa shape index (κ3) is 2.98. The Morgan fingerprint density at radius 1 is 1.00 bits per heavy atom. The van der Waals surface area contributed by atoms with E-state index in [1.807, 2.05) is 0 Å². The second kappa shape index (κ2) is 5.26. The predicted octanol–water partition coefficient (Wildman–Crippen LogP) is 5.97. The summed E-state index contributed by atoms with van der Waals surface area (Å²) in [5, 5.41) is 11.0. The van der Waals surface area contributed by atoms with Crippen LogP contribution in [-0.2, 0) is 10.8 Å². The molecule has 2 unspecified atom stereocenters. The molecule has 1 N–H and O–H groups in total. The van der Waals surface area contributed by atoms with Crippen LogP contribution in [0.25, 0.3) is 6.08 Å². The van der Waals surface area contributed by atoms with Crippen LogP contribution in [0.1, 0.15) is 71.1 Å². The lowest BCUT2D eigenvalue weighted by Gasteiger charge is -2.29. The maximum atomic E-state index is 11.0. The lowest BCUT2D eigenvalue weighted by atomic mass is 9.77. The van der Waals surface area contributed by atoms with Crippen molar-refractivity contribution >= 4 is 6.08 Å². The first-order chi connectivity index (χ1) is 10.6. The Balaban J connectivity index is 2.13. The molecule has 0 spiro atoms. The van der Waals surface area contributed by atoms with E-state index in [0.29, 0.717) is 11.7 Å². The maximum absolute atomic E-state index is 11.0. The van der Waals surface area contributed by atoms with Gasteiger partial charge in [0.15, 0.2) is 0 Å². The molecular formula is C22H30O. The van der Waals surface area contributed by atoms with E-state index in [2.05, 4.69) is 71.9 Å². The molecular weight excluding hydrogens is 280 g/mol. The van der Waals surface area contributed by atoms with Crippen LogP contribution in [-0.4, -0.2) is 5.11 Å². The molecule has 23 heavy (non-hydrogen) atoms. The predicted molar refractivity (Wildman–Crippen MR) is 98.8 cm³/mol. The SMILES string of the molecule is CC(C)(C)c1ccc(C=C2CC3C=CC2C3)c(C(C)(C)C)c1O. The monoisotopic (exact) mass is 310 g/mol. The van der Waals surface area contributed by atoms with E-state index in [9.17, 15) is 5.11 Å². The highest BCUT2D eigenvalue weighted by Crippen LogP contribution is 2.46. The van der Waals surface area contributed by atoms with Crippen molar-refractivity contribution in [3.8, 4) is 5.75 Å². The highest BCUT2D eigenvalue weighted by atomic mass is 16.3. The molecule has 1 saturated carbocycles. The van der Waals surface area contributed by atoms with Gasteiger partial charge in [-0.3, -0.25) is 0 Å². The van der Waals surface area contributed by atoms with Gasteiger partial charge in [-0.2, -0.15) is 0 Å². The fourth-order valence-corrected chi connectivity index (χ4v) is 4.14. The minimum absolute atomic E-state index is 0.0507. The molecule has 1 fully saturated rings.